The highest BCUT2D eigenvalue weighted by molar-refractivity contribution is 4.88. The lowest BCUT2D eigenvalue weighted by atomic mass is 9.83. The molecule has 2 saturated heterocycles. The topological polar surface area (TPSA) is 15.3 Å². The van der Waals surface area contributed by atoms with Gasteiger partial charge in [-0.05, 0) is 51.2 Å². The number of hydrogen-bond donors (Lipinski definition) is 1. The minimum absolute atomic E-state index is 0.643. The van der Waals surface area contributed by atoms with Crippen molar-refractivity contribution in [3.05, 3.63) is 0 Å². The van der Waals surface area contributed by atoms with Gasteiger partial charge in [0.2, 0.25) is 0 Å². The number of hydrogen-bond acceptors (Lipinski definition) is 2. The highest BCUT2D eigenvalue weighted by atomic mass is 15.2. The van der Waals surface area contributed by atoms with Crippen LogP contribution >= 0.6 is 0 Å². The molecule has 2 nitrogen and oxygen atoms in total. The third kappa shape index (κ3) is 2.94. The minimum atomic E-state index is 0.643. The molecule has 1 N–H and O–H groups in total. The summed E-state index contributed by atoms with van der Waals surface area (Å²) >= 11 is 0. The van der Waals surface area contributed by atoms with E-state index in [1.807, 2.05) is 0 Å². The molecule has 2 aliphatic rings. The van der Waals surface area contributed by atoms with Crippen LogP contribution in [0.15, 0.2) is 0 Å². The Morgan fingerprint density at radius 1 is 1.13 bits per heavy atom. The SMILES string of the molecule is CC(C)NC[C@@H]1CCCN2CCCCC12. The van der Waals surface area contributed by atoms with Crippen molar-refractivity contribution in [3.8, 4) is 0 Å². The monoisotopic (exact) mass is 210 g/mol. The summed E-state index contributed by atoms with van der Waals surface area (Å²) in [5.41, 5.74) is 0. The molecule has 2 fully saturated rings. The Morgan fingerprint density at radius 3 is 2.73 bits per heavy atom. The Morgan fingerprint density at radius 2 is 1.93 bits per heavy atom. The molecule has 2 atom stereocenters. The summed E-state index contributed by atoms with van der Waals surface area (Å²) in [6.07, 6.45) is 7.20. The smallest absolute Gasteiger partial charge is 0.0136 e. The molecule has 0 bridgehead atoms. The molecule has 0 aromatic carbocycles. The minimum Gasteiger partial charge on any atom is -0.314 e. The van der Waals surface area contributed by atoms with E-state index in [1.54, 1.807) is 0 Å². The van der Waals surface area contributed by atoms with Crippen LogP contribution in [-0.2, 0) is 0 Å². The van der Waals surface area contributed by atoms with E-state index in [1.165, 1.54) is 51.7 Å². The summed E-state index contributed by atoms with van der Waals surface area (Å²) in [5.74, 6) is 0.918. The molecule has 0 saturated carbocycles. The van der Waals surface area contributed by atoms with Crippen LogP contribution in [-0.4, -0.2) is 36.6 Å². The first-order valence-electron chi connectivity index (χ1n) is 6.75. The van der Waals surface area contributed by atoms with Gasteiger partial charge in [-0.25, -0.2) is 0 Å². The normalized spacial score (nSPS) is 33.0. The van der Waals surface area contributed by atoms with Crippen molar-refractivity contribution in [2.45, 2.75) is 58.0 Å². The van der Waals surface area contributed by atoms with Crippen molar-refractivity contribution in [1.29, 1.82) is 0 Å². The zero-order valence-corrected chi connectivity index (χ0v) is 10.3. The van der Waals surface area contributed by atoms with E-state index in [4.69, 9.17) is 0 Å². The van der Waals surface area contributed by atoms with Gasteiger partial charge >= 0.3 is 0 Å². The lowest BCUT2D eigenvalue weighted by Gasteiger charge is -2.44. The van der Waals surface area contributed by atoms with E-state index in [2.05, 4.69) is 24.1 Å². The first-order valence-corrected chi connectivity index (χ1v) is 6.75. The molecular formula is C13H26N2. The summed E-state index contributed by atoms with van der Waals surface area (Å²) in [6, 6.07) is 1.54. The molecular weight excluding hydrogens is 184 g/mol. The van der Waals surface area contributed by atoms with Gasteiger partial charge in [0.05, 0.1) is 0 Å². The van der Waals surface area contributed by atoms with Crippen LogP contribution in [0.4, 0.5) is 0 Å². The van der Waals surface area contributed by atoms with E-state index in [0.717, 1.165) is 12.0 Å². The van der Waals surface area contributed by atoms with E-state index in [9.17, 15) is 0 Å². The fourth-order valence-corrected chi connectivity index (χ4v) is 3.20. The van der Waals surface area contributed by atoms with Crippen LogP contribution in [0.2, 0.25) is 0 Å². The highest BCUT2D eigenvalue weighted by Gasteiger charge is 2.32. The van der Waals surface area contributed by atoms with E-state index < -0.39 is 0 Å². The number of nitrogens with zero attached hydrogens (tertiary/aromatic N) is 1. The molecule has 88 valence electrons. The van der Waals surface area contributed by atoms with Crippen LogP contribution < -0.4 is 5.32 Å². The van der Waals surface area contributed by atoms with Crippen molar-refractivity contribution >= 4 is 0 Å². The van der Waals surface area contributed by atoms with Crippen LogP contribution in [0, 0.1) is 5.92 Å². The van der Waals surface area contributed by atoms with Gasteiger partial charge in [0.15, 0.2) is 0 Å². The Balaban J connectivity index is 1.86. The number of piperidine rings is 2. The average molecular weight is 210 g/mol. The van der Waals surface area contributed by atoms with Crippen molar-refractivity contribution in [2.24, 2.45) is 5.92 Å². The quantitative estimate of drug-likeness (QED) is 0.768. The van der Waals surface area contributed by atoms with E-state index >= 15 is 0 Å². The Bertz CT molecular complexity index is 189. The number of fused-ring (bicyclic) bond motifs is 1. The maximum atomic E-state index is 3.62. The second-order valence-corrected chi connectivity index (χ2v) is 5.56. The third-order valence-electron chi connectivity index (χ3n) is 4.02. The van der Waals surface area contributed by atoms with Crippen LogP contribution in [0.1, 0.15) is 46.0 Å². The molecule has 2 rings (SSSR count). The first-order chi connectivity index (χ1) is 7.27. The van der Waals surface area contributed by atoms with Gasteiger partial charge in [-0.3, -0.25) is 0 Å². The Kier molecular flexibility index (Phi) is 4.04. The van der Waals surface area contributed by atoms with Gasteiger partial charge in [0.1, 0.15) is 0 Å². The summed E-state index contributed by atoms with van der Waals surface area (Å²) in [6.45, 7) is 8.47. The van der Waals surface area contributed by atoms with Gasteiger partial charge in [0, 0.05) is 12.1 Å². The molecule has 0 radical (unpaired) electrons. The number of nitrogens with one attached hydrogen (secondary N) is 1. The zero-order valence-electron chi connectivity index (χ0n) is 10.3. The maximum absolute atomic E-state index is 3.62. The predicted octanol–water partition coefficient (Wildman–Crippen LogP) is 2.25. The predicted molar refractivity (Wildman–Crippen MR) is 65.1 cm³/mol. The van der Waals surface area contributed by atoms with Crippen LogP contribution in [0.25, 0.3) is 0 Å². The molecule has 0 aromatic heterocycles. The molecule has 0 aliphatic carbocycles. The zero-order chi connectivity index (χ0) is 10.7. The van der Waals surface area contributed by atoms with E-state index in [-0.39, 0.29) is 0 Å². The van der Waals surface area contributed by atoms with Gasteiger partial charge in [-0.2, -0.15) is 0 Å². The van der Waals surface area contributed by atoms with Crippen molar-refractivity contribution in [2.75, 3.05) is 19.6 Å². The standard InChI is InChI=1S/C13H26N2/c1-11(2)14-10-12-6-5-9-15-8-4-3-7-13(12)15/h11-14H,3-10H2,1-2H3/t12-,13?/m0/s1. The lowest BCUT2D eigenvalue weighted by Crippen LogP contribution is -2.51. The summed E-state index contributed by atoms with van der Waals surface area (Å²) in [4.78, 5) is 2.75. The second kappa shape index (κ2) is 5.31. The highest BCUT2D eigenvalue weighted by Crippen LogP contribution is 2.30. The molecule has 0 amide bonds. The molecule has 0 aromatic rings. The molecule has 15 heavy (non-hydrogen) atoms. The van der Waals surface area contributed by atoms with Gasteiger partial charge in [-0.1, -0.05) is 20.3 Å². The molecule has 1 unspecified atom stereocenters. The van der Waals surface area contributed by atoms with Crippen molar-refractivity contribution < 1.29 is 0 Å². The van der Waals surface area contributed by atoms with Crippen molar-refractivity contribution in [1.82, 2.24) is 10.2 Å². The van der Waals surface area contributed by atoms with E-state index in [0.29, 0.717) is 6.04 Å². The van der Waals surface area contributed by atoms with Gasteiger partial charge in [0.25, 0.3) is 0 Å². The summed E-state index contributed by atoms with van der Waals surface area (Å²) in [7, 11) is 0. The fourth-order valence-electron chi connectivity index (χ4n) is 3.20. The van der Waals surface area contributed by atoms with Crippen LogP contribution in [0.5, 0.6) is 0 Å². The molecule has 0 spiro atoms. The Labute approximate surface area is 94.4 Å². The molecule has 2 heterocycles. The summed E-state index contributed by atoms with van der Waals surface area (Å²) < 4.78 is 0. The molecule has 2 heteroatoms. The van der Waals surface area contributed by atoms with Crippen LogP contribution in [0.3, 0.4) is 0 Å². The van der Waals surface area contributed by atoms with Gasteiger partial charge < -0.3 is 10.2 Å². The second-order valence-electron chi connectivity index (χ2n) is 5.56. The fraction of sp³-hybridized carbons (Fsp3) is 1.00. The first kappa shape index (κ1) is 11.4. The summed E-state index contributed by atoms with van der Waals surface area (Å²) in [5, 5.41) is 3.62. The largest absolute Gasteiger partial charge is 0.314 e. The average Bonchev–Trinajstić information content (AvgIpc) is 2.26. The Hall–Kier alpha value is -0.0800. The molecule has 2 aliphatic heterocycles. The maximum Gasteiger partial charge on any atom is 0.0136 e. The number of rotatable bonds is 3. The van der Waals surface area contributed by atoms with Crippen molar-refractivity contribution in [3.63, 3.8) is 0 Å². The van der Waals surface area contributed by atoms with Gasteiger partial charge in [-0.15, -0.1) is 0 Å². The third-order valence-corrected chi connectivity index (χ3v) is 4.02. The lowest BCUT2D eigenvalue weighted by molar-refractivity contribution is 0.0587.